The monoisotopic (exact) mass is 383 g/mol. The second kappa shape index (κ2) is 8.50. The lowest BCUT2D eigenvalue weighted by Crippen LogP contribution is -2.27. The zero-order valence-electron chi connectivity index (χ0n) is 14.3. The third kappa shape index (κ3) is 5.18. The van der Waals surface area contributed by atoms with Crippen LogP contribution >= 0.6 is 11.8 Å². The molecule has 0 aliphatic carbocycles. The smallest absolute Gasteiger partial charge is 0.238 e. The molecule has 0 aliphatic heterocycles. The van der Waals surface area contributed by atoms with Crippen molar-refractivity contribution in [2.45, 2.75) is 17.0 Å². The number of amides is 1. The van der Waals surface area contributed by atoms with Gasteiger partial charge in [0.05, 0.1) is 0 Å². The molecule has 0 spiro atoms. The maximum absolute atomic E-state index is 13.0. The average molecular weight is 383 g/mol. The first-order chi connectivity index (χ1) is 13.0. The fraction of sp³-hybridized carbons (Fsp3) is 0.105. The second-order valence-corrected chi connectivity index (χ2v) is 6.83. The van der Waals surface area contributed by atoms with Crippen LogP contribution in [0, 0.1) is 5.82 Å². The van der Waals surface area contributed by atoms with Crippen molar-refractivity contribution in [3.63, 3.8) is 0 Å². The Balaban J connectivity index is 1.78. The molecule has 6 nitrogen and oxygen atoms in total. The second-order valence-electron chi connectivity index (χ2n) is 5.75. The van der Waals surface area contributed by atoms with Gasteiger partial charge in [-0.3, -0.25) is 4.79 Å². The van der Waals surface area contributed by atoms with E-state index < -0.39 is 5.25 Å². The topological polar surface area (TPSA) is 107 Å². The van der Waals surface area contributed by atoms with E-state index in [1.807, 2.05) is 30.3 Å². The van der Waals surface area contributed by atoms with Crippen LogP contribution in [0.5, 0.6) is 0 Å². The number of thioether (sulfide) groups is 1. The maximum Gasteiger partial charge on any atom is 0.238 e. The Morgan fingerprint density at radius 3 is 2.30 bits per heavy atom. The number of halogens is 1. The summed E-state index contributed by atoms with van der Waals surface area (Å²) in [4.78, 5) is 21.1. The van der Waals surface area contributed by atoms with Gasteiger partial charge in [0, 0.05) is 12.6 Å². The van der Waals surface area contributed by atoms with Gasteiger partial charge < -0.3 is 16.8 Å². The summed E-state index contributed by atoms with van der Waals surface area (Å²) < 4.78 is 13.0. The Bertz CT molecular complexity index is 901. The molecular formula is C19H18FN5OS. The van der Waals surface area contributed by atoms with Crippen LogP contribution in [0.3, 0.4) is 0 Å². The lowest BCUT2D eigenvalue weighted by Gasteiger charge is -2.16. The minimum Gasteiger partial charge on any atom is -0.383 e. The van der Waals surface area contributed by atoms with Gasteiger partial charge in [0.25, 0.3) is 0 Å². The molecule has 8 heteroatoms. The van der Waals surface area contributed by atoms with Crippen LogP contribution in [0.25, 0.3) is 0 Å². The molecule has 0 radical (unpaired) electrons. The summed E-state index contributed by atoms with van der Waals surface area (Å²) in [5.41, 5.74) is 13.0. The molecule has 0 fully saturated rings. The predicted octanol–water partition coefficient (Wildman–Crippen LogP) is 2.93. The molecule has 1 amide bonds. The number of hydrogen-bond donors (Lipinski definition) is 3. The molecular weight excluding hydrogens is 365 g/mol. The number of carbonyl (C=O) groups excluding carboxylic acids is 1. The van der Waals surface area contributed by atoms with E-state index >= 15 is 0 Å². The van der Waals surface area contributed by atoms with Gasteiger partial charge in [0.1, 0.15) is 22.7 Å². The van der Waals surface area contributed by atoms with Gasteiger partial charge in [0.15, 0.2) is 5.16 Å². The number of nitrogens with one attached hydrogen (secondary N) is 1. The third-order valence-corrected chi connectivity index (χ3v) is 4.80. The summed E-state index contributed by atoms with van der Waals surface area (Å²) in [6.07, 6.45) is 0. The summed E-state index contributed by atoms with van der Waals surface area (Å²) in [6, 6.07) is 16.7. The molecule has 0 bridgehead atoms. The van der Waals surface area contributed by atoms with Crippen molar-refractivity contribution >= 4 is 29.3 Å². The first-order valence-electron chi connectivity index (χ1n) is 8.15. The van der Waals surface area contributed by atoms with E-state index in [1.54, 1.807) is 12.1 Å². The van der Waals surface area contributed by atoms with Crippen LogP contribution in [-0.4, -0.2) is 15.9 Å². The van der Waals surface area contributed by atoms with E-state index in [-0.39, 0.29) is 29.9 Å². The zero-order valence-corrected chi connectivity index (χ0v) is 15.1. The van der Waals surface area contributed by atoms with Crippen molar-refractivity contribution in [1.29, 1.82) is 0 Å². The first kappa shape index (κ1) is 18.7. The van der Waals surface area contributed by atoms with Crippen molar-refractivity contribution in [2.24, 2.45) is 0 Å². The molecule has 0 saturated carbocycles. The Hall–Kier alpha value is -3.13. The average Bonchev–Trinajstić information content (AvgIpc) is 2.65. The Kier molecular flexibility index (Phi) is 5.87. The largest absolute Gasteiger partial charge is 0.383 e. The molecule has 0 saturated heterocycles. The zero-order chi connectivity index (χ0) is 19.2. The standard InChI is InChI=1S/C19H18FN5OS/c20-14-8-6-12(7-9-14)11-23-18(26)17(13-4-2-1-3-5-13)27-19-24-15(21)10-16(22)25-19/h1-10,17H,11H2,(H,23,26)(H4,21,22,24,25)/t17-/m1/s1. The summed E-state index contributed by atoms with van der Waals surface area (Å²) in [5, 5.41) is 2.59. The van der Waals surface area contributed by atoms with Crippen LogP contribution in [0.1, 0.15) is 16.4 Å². The van der Waals surface area contributed by atoms with Gasteiger partial charge in [-0.25, -0.2) is 14.4 Å². The van der Waals surface area contributed by atoms with Crippen LogP contribution in [0.4, 0.5) is 16.0 Å². The Morgan fingerprint density at radius 2 is 1.67 bits per heavy atom. The van der Waals surface area contributed by atoms with E-state index in [2.05, 4.69) is 15.3 Å². The van der Waals surface area contributed by atoms with E-state index in [9.17, 15) is 9.18 Å². The third-order valence-electron chi connectivity index (χ3n) is 3.69. The highest BCUT2D eigenvalue weighted by Gasteiger charge is 2.23. The number of rotatable bonds is 6. The van der Waals surface area contributed by atoms with Gasteiger partial charge in [-0.2, -0.15) is 0 Å². The number of carbonyl (C=O) groups is 1. The van der Waals surface area contributed by atoms with E-state index in [4.69, 9.17) is 11.5 Å². The van der Waals surface area contributed by atoms with Gasteiger partial charge in [0.2, 0.25) is 5.91 Å². The van der Waals surface area contributed by atoms with Crippen LogP contribution in [0.15, 0.2) is 65.8 Å². The van der Waals surface area contributed by atoms with Crippen LogP contribution in [-0.2, 0) is 11.3 Å². The SMILES string of the molecule is Nc1cc(N)nc(S[C@@H](C(=O)NCc2ccc(F)cc2)c2ccccc2)n1. The predicted molar refractivity (Wildman–Crippen MR) is 104 cm³/mol. The Morgan fingerprint density at radius 1 is 1.04 bits per heavy atom. The highest BCUT2D eigenvalue weighted by atomic mass is 32.2. The number of nitrogens with two attached hydrogens (primary N) is 2. The minimum absolute atomic E-state index is 0.222. The van der Waals surface area contributed by atoms with Gasteiger partial charge in [-0.15, -0.1) is 0 Å². The molecule has 138 valence electrons. The molecule has 3 rings (SSSR count). The van der Waals surface area contributed by atoms with Gasteiger partial charge in [-0.1, -0.05) is 54.2 Å². The molecule has 1 aromatic heterocycles. The number of nitrogen functional groups attached to an aromatic ring is 2. The molecule has 2 aromatic carbocycles. The summed E-state index contributed by atoms with van der Waals surface area (Å²) >= 11 is 1.16. The van der Waals surface area contributed by atoms with Crippen molar-refractivity contribution in [2.75, 3.05) is 11.5 Å². The van der Waals surface area contributed by atoms with Crippen molar-refractivity contribution in [3.8, 4) is 0 Å². The lowest BCUT2D eigenvalue weighted by molar-refractivity contribution is -0.120. The molecule has 0 aliphatic rings. The minimum atomic E-state index is -0.590. The fourth-order valence-electron chi connectivity index (χ4n) is 2.40. The highest BCUT2D eigenvalue weighted by Crippen LogP contribution is 2.34. The fourth-order valence-corrected chi connectivity index (χ4v) is 3.42. The quantitative estimate of drug-likeness (QED) is 0.446. The summed E-state index contributed by atoms with van der Waals surface area (Å²) in [7, 11) is 0. The van der Waals surface area contributed by atoms with Crippen molar-refractivity contribution in [3.05, 3.63) is 77.6 Å². The lowest BCUT2D eigenvalue weighted by atomic mass is 10.1. The van der Waals surface area contributed by atoms with Gasteiger partial charge >= 0.3 is 0 Å². The van der Waals surface area contributed by atoms with Crippen molar-refractivity contribution in [1.82, 2.24) is 15.3 Å². The molecule has 1 heterocycles. The molecule has 0 unspecified atom stereocenters. The number of anilines is 2. The maximum atomic E-state index is 13.0. The summed E-state index contributed by atoms with van der Waals surface area (Å²) in [6.45, 7) is 0.281. The highest BCUT2D eigenvalue weighted by molar-refractivity contribution is 8.00. The normalized spacial score (nSPS) is 11.7. The van der Waals surface area contributed by atoms with Crippen LogP contribution in [0.2, 0.25) is 0 Å². The number of benzene rings is 2. The molecule has 27 heavy (non-hydrogen) atoms. The number of nitrogens with zero attached hydrogens (tertiary/aromatic N) is 2. The number of hydrogen-bond acceptors (Lipinski definition) is 6. The summed E-state index contributed by atoms with van der Waals surface area (Å²) in [5.74, 6) is -0.0635. The van der Waals surface area contributed by atoms with E-state index in [0.29, 0.717) is 5.16 Å². The van der Waals surface area contributed by atoms with Crippen LogP contribution < -0.4 is 16.8 Å². The Labute approximate surface area is 160 Å². The molecule has 5 N–H and O–H groups in total. The van der Waals surface area contributed by atoms with Crippen molar-refractivity contribution < 1.29 is 9.18 Å². The van der Waals surface area contributed by atoms with E-state index in [0.717, 1.165) is 22.9 Å². The van der Waals surface area contributed by atoms with E-state index in [1.165, 1.54) is 18.2 Å². The molecule has 3 aromatic rings. The first-order valence-corrected chi connectivity index (χ1v) is 9.03. The number of aromatic nitrogens is 2. The molecule has 1 atom stereocenters. The van der Waals surface area contributed by atoms with Gasteiger partial charge in [-0.05, 0) is 23.3 Å².